The summed E-state index contributed by atoms with van der Waals surface area (Å²) in [6.45, 7) is 7.26. The number of anilines is 1. The van der Waals surface area contributed by atoms with Crippen molar-refractivity contribution in [3.8, 4) is 0 Å². The van der Waals surface area contributed by atoms with Crippen LogP contribution in [-0.4, -0.2) is 48.2 Å². The van der Waals surface area contributed by atoms with E-state index in [0.717, 1.165) is 50.9 Å². The predicted molar refractivity (Wildman–Crippen MR) is 89.3 cm³/mol. The number of rotatable bonds is 5. The molecule has 1 aliphatic rings. The average molecular weight is 318 g/mol. The molecule has 1 aliphatic heterocycles. The molecule has 2 aromatic rings. The van der Waals surface area contributed by atoms with Crippen molar-refractivity contribution in [1.82, 2.24) is 14.9 Å². The lowest BCUT2D eigenvalue weighted by molar-refractivity contribution is 0.122. The van der Waals surface area contributed by atoms with Crippen LogP contribution in [0.25, 0.3) is 0 Å². The van der Waals surface area contributed by atoms with Crippen molar-refractivity contribution in [2.24, 2.45) is 0 Å². The van der Waals surface area contributed by atoms with E-state index in [2.05, 4.69) is 45.2 Å². The van der Waals surface area contributed by atoms with Gasteiger partial charge in [-0.05, 0) is 31.0 Å². The van der Waals surface area contributed by atoms with E-state index in [4.69, 9.17) is 4.74 Å². The van der Waals surface area contributed by atoms with Gasteiger partial charge < -0.3 is 9.64 Å². The Kier molecular flexibility index (Phi) is 5.02. The maximum absolute atomic E-state index is 5.35. The molecule has 3 heterocycles. The third-order valence-corrected chi connectivity index (χ3v) is 4.83. The first-order chi connectivity index (χ1) is 10.7. The minimum atomic E-state index is 0.758. The van der Waals surface area contributed by atoms with Crippen LogP contribution < -0.4 is 4.90 Å². The van der Waals surface area contributed by atoms with Gasteiger partial charge in [-0.25, -0.2) is 9.97 Å². The zero-order valence-corrected chi connectivity index (χ0v) is 14.0. The lowest BCUT2D eigenvalue weighted by Gasteiger charge is -2.26. The number of hydrogen-bond donors (Lipinski definition) is 0. The number of nitrogens with zero attached hydrogens (tertiary/aromatic N) is 4. The Labute approximate surface area is 135 Å². The molecule has 0 aromatic carbocycles. The number of morpholine rings is 1. The third-order valence-electron chi connectivity index (χ3n) is 3.82. The molecule has 6 heteroatoms. The first-order valence-electron chi connectivity index (χ1n) is 7.57. The van der Waals surface area contributed by atoms with Gasteiger partial charge in [-0.2, -0.15) is 0 Å². The Hall–Kier alpha value is -1.50. The van der Waals surface area contributed by atoms with Gasteiger partial charge in [0.15, 0.2) is 0 Å². The molecule has 3 rings (SSSR count). The van der Waals surface area contributed by atoms with Crippen LogP contribution in [0.15, 0.2) is 23.8 Å². The van der Waals surface area contributed by atoms with E-state index in [0.29, 0.717) is 0 Å². The molecule has 22 heavy (non-hydrogen) atoms. The summed E-state index contributed by atoms with van der Waals surface area (Å²) in [4.78, 5) is 14.9. The lowest BCUT2D eigenvalue weighted by atomic mass is 10.2. The molecule has 0 amide bonds. The summed E-state index contributed by atoms with van der Waals surface area (Å²) in [6.07, 6.45) is 3.88. The fraction of sp³-hybridized carbons (Fsp3) is 0.500. The largest absolute Gasteiger partial charge is 0.378 e. The van der Waals surface area contributed by atoms with Gasteiger partial charge in [0.05, 0.1) is 13.2 Å². The molecule has 0 saturated carbocycles. The van der Waals surface area contributed by atoms with Gasteiger partial charge in [0.2, 0.25) is 5.95 Å². The summed E-state index contributed by atoms with van der Waals surface area (Å²) in [5.74, 6) is 0.809. The molecule has 1 fully saturated rings. The monoisotopic (exact) mass is 318 g/mol. The first-order valence-corrected chi connectivity index (χ1v) is 8.45. The predicted octanol–water partition coefficient (Wildman–Crippen LogP) is 2.32. The van der Waals surface area contributed by atoms with E-state index in [-0.39, 0.29) is 0 Å². The van der Waals surface area contributed by atoms with Gasteiger partial charge in [0.25, 0.3) is 0 Å². The molecule has 1 saturated heterocycles. The van der Waals surface area contributed by atoms with Crippen LogP contribution >= 0.6 is 11.3 Å². The third kappa shape index (κ3) is 3.82. The average Bonchev–Trinajstić information content (AvgIpc) is 2.94. The van der Waals surface area contributed by atoms with Crippen molar-refractivity contribution < 1.29 is 4.74 Å². The van der Waals surface area contributed by atoms with Crippen molar-refractivity contribution in [2.45, 2.75) is 20.0 Å². The molecule has 0 unspecified atom stereocenters. The number of ether oxygens (including phenoxy) is 1. The molecule has 0 atom stereocenters. The van der Waals surface area contributed by atoms with Gasteiger partial charge in [-0.3, -0.25) is 4.90 Å². The van der Waals surface area contributed by atoms with Gasteiger partial charge in [-0.15, -0.1) is 11.3 Å². The van der Waals surface area contributed by atoms with Crippen LogP contribution in [0.3, 0.4) is 0 Å². The van der Waals surface area contributed by atoms with Crippen LogP contribution in [0.4, 0.5) is 5.95 Å². The van der Waals surface area contributed by atoms with Crippen molar-refractivity contribution in [3.63, 3.8) is 0 Å². The highest BCUT2D eigenvalue weighted by atomic mass is 32.1. The SMILES string of the molecule is Cc1ccsc1CN(C)Cc1cnc(N2CCOCC2)nc1. The Balaban J connectivity index is 1.57. The molecule has 0 N–H and O–H groups in total. The van der Waals surface area contributed by atoms with Gasteiger partial charge in [0, 0.05) is 49.0 Å². The Morgan fingerprint density at radius 2 is 1.95 bits per heavy atom. The van der Waals surface area contributed by atoms with Gasteiger partial charge >= 0.3 is 0 Å². The number of thiophene rings is 1. The van der Waals surface area contributed by atoms with E-state index >= 15 is 0 Å². The summed E-state index contributed by atoms with van der Waals surface area (Å²) in [5, 5.41) is 2.15. The van der Waals surface area contributed by atoms with E-state index in [1.165, 1.54) is 10.4 Å². The summed E-state index contributed by atoms with van der Waals surface area (Å²) >= 11 is 1.82. The van der Waals surface area contributed by atoms with Gasteiger partial charge in [0.1, 0.15) is 0 Å². The normalized spacial score (nSPS) is 15.5. The topological polar surface area (TPSA) is 41.5 Å². The second-order valence-corrected chi connectivity index (χ2v) is 6.69. The summed E-state index contributed by atoms with van der Waals surface area (Å²) < 4.78 is 5.35. The van der Waals surface area contributed by atoms with Crippen LogP contribution in [-0.2, 0) is 17.8 Å². The van der Waals surface area contributed by atoms with Crippen LogP contribution in [0.5, 0.6) is 0 Å². The van der Waals surface area contributed by atoms with Crippen molar-refractivity contribution >= 4 is 17.3 Å². The van der Waals surface area contributed by atoms with Gasteiger partial charge in [-0.1, -0.05) is 0 Å². The minimum Gasteiger partial charge on any atom is -0.378 e. The van der Waals surface area contributed by atoms with Crippen LogP contribution in [0.2, 0.25) is 0 Å². The Morgan fingerprint density at radius 3 is 2.59 bits per heavy atom. The maximum Gasteiger partial charge on any atom is 0.225 e. The molecular weight excluding hydrogens is 296 g/mol. The summed E-state index contributed by atoms with van der Waals surface area (Å²) in [6, 6.07) is 2.17. The molecule has 0 spiro atoms. The van der Waals surface area contributed by atoms with E-state index in [1.54, 1.807) is 0 Å². The quantitative estimate of drug-likeness (QED) is 0.846. The minimum absolute atomic E-state index is 0.758. The molecule has 2 aromatic heterocycles. The standard InChI is InChI=1S/C16H22N4OS/c1-13-3-8-22-15(13)12-19(2)11-14-9-17-16(18-10-14)20-4-6-21-7-5-20/h3,8-10H,4-7,11-12H2,1-2H3. The number of aromatic nitrogens is 2. The first kappa shape index (κ1) is 15.4. The second kappa shape index (κ2) is 7.17. The van der Waals surface area contributed by atoms with Crippen molar-refractivity contribution in [1.29, 1.82) is 0 Å². The zero-order valence-electron chi connectivity index (χ0n) is 13.2. The Morgan fingerprint density at radius 1 is 1.23 bits per heavy atom. The number of hydrogen-bond acceptors (Lipinski definition) is 6. The highest BCUT2D eigenvalue weighted by Gasteiger charge is 2.13. The number of aryl methyl sites for hydroxylation is 1. The lowest BCUT2D eigenvalue weighted by Crippen LogP contribution is -2.37. The highest BCUT2D eigenvalue weighted by Crippen LogP contribution is 2.18. The van der Waals surface area contributed by atoms with Crippen molar-refractivity contribution in [3.05, 3.63) is 39.8 Å². The smallest absolute Gasteiger partial charge is 0.225 e. The molecule has 118 valence electrons. The van der Waals surface area contributed by atoms with Crippen LogP contribution in [0.1, 0.15) is 16.0 Å². The Bertz CT molecular complexity index is 592. The highest BCUT2D eigenvalue weighted by molar-refractivity contribution is 7.10. The summed E-state index contributed by atoms with van der Waals surface area (Å²) in [7, 11) is 2.13. The van der Waals surface area contributed by atoms with Crippen LogP contribution in [0, 0.1) is 6.92 Å². The van der Waals surface area contributed by atoms with Crippen molar-refractivity contribution in [2.75, 3.05) is 38.3 Å². The molecule has 5 nitrogen and oxygen atoms in total. The fourth-order valence-corrected chi connectivity index (χ4v) is 3.52. The van der Waals surface area contributed by atoms with E-state index in [9.17, 15) is 0 Å². The second-order valence-electron chi connectivity index (χ2n) is 5.69. The van der Waals surface area contributed by atoms with E-state index in [1.807, 2.05) is 23.7 Å². The zero-order chi connectivity index (χ0) is 15.4. The summed E-state index contributed by atoms with van der Waals surface area (Å²) in [5.41, 5.74) is 2.52. The molecular formula is C16H22N4OS. The van der Waals surface area contributed by atoms with E-state index < -0.39 is 0 Å². The fourth-order valence-electron chi connectivity index (χ4n) is 2.54. The molecule has 0 bridgehead atoms. The molecule has 0 aliphatic carbocycles. The molecule has 0 radical (unpaired) electrons. The maximum atomic E-state index is 5.35.